The second kappa shape index (κ2) is 5.90. The molecule has 5 nitrogen and oxygen atoms in total. The van der Waals surface area contributed by atoms with Crippen molar-refractivity contribution in [1.82, 2.24) is 10.2 Å². The van der Waals surface area contributed by atoms with Crippen molar-refractivity contribution < 1.29 is 4.79 Å². The smallest absolute Gasteiger partial charge is 0.235 e. The first-order valence-electron chi connectivity index (χ1n) is 4.37. The quantitative estimate of drug-likeness (QED) is 0.466. The molecule has 0 aliphatic carbocycles. The zero-order valence-corrected chi connectivity index (χ0v) is 8.58. The average molecular weight is 188 g/mol. The van der Waals surface area contributed by atoms with E-state index in [-0.39, 0.29) is 0 Å². The minimum Gasteiger partial charge on any atom is -0.368 e. The molecule has 0 fully saturated rings. The van der Waals surface area contributed by atoms with E-state index >= 15 is 0 Å². The first kappa shape index (κ1) is 12.3. The van der Waals surface area contributed by atoms with Crippen LogP contribution < -0.4 is 16.8 Å². The normalized spacial score (nSPS) is 15.8. The lowest BCUT2D eigenvalue weighted by Crippen LogP contribution is -2.46. The van der Waals surface area contributed by atoms with Gasteiger partial charge in [-0.05, 0) is 21.0 Å². The van der Waals surface area contributed by atoms with Crippen LogP contribution in [0, 0.1) is 0 Å². The predicted molar refractivity (Wildman–Crippen MR) is 53.2 cm³/mol. The van der Waals surface area contributed by atoms with Gasteiger partial charge < -0.3 is 21.7 Å². The van der Waals surface area contributed by atoms with Gasteiger partial charge in [0.1, 0.15) is 0 Å². The van der Waals surface area contributed by atoms with E-state index < -0.39 is 11.9 Å². The summed E-state index contributed by atoms with van der Waals surface area (Å²) in [5, 5.41) is 3.08. The number of carbonyl (C=O) groups excluding carboxylic acids is 1. The van der Waals surface area contributed by atoms with Crippen molar-refractivity contribution >= 4 is 5.91 Å². The lowest BCUT2D eigenvalue weighted by atomic mass is 10.2. The minimum atomic E-state index is -0.589. The molecule has 0 aromatic heterocycles. The number of nitrogens with one attached hydrogen (secondary N) is 1. The molecule has 2 unspecified atom stereocenters. The van der Waals surface area contributed by atoms with E-state index in [4.69, 9.17) is 11.5 Å². The van der Waals surface area contributed by atoms with Gasteiger partial charge in [0.05, 0.1) is 6.04 Å². The standard InChI is InChI=1S/C8H20N4O/c1-6(12(2)3)4-11-5-7(9)8(10)13/h6-7,11H,4-5,9H2,1-3H3,(H2,10,13). The Morgan fingerprint density at radius 3 is 2.38 bits per heavy atom. The van der Waals surface area contributed by atoms with Crippen LogP contribution in [-0.2, 0) is 4.79 Å². The van der Waals surface area contributed by atoms with E-state index in [2.05, 4.69) is 17.1 Å². The number of carbonyl (C=O) groups is 1. The molecule has 0 aliphatic rings. The molecule has 0 bridgehead atoms. The second-order valence-electron chi connectivity index (χ2n) is 3.48. The van der Waals surface area contributed by atoms with Gasteiger partial charge in [-0.3, -0.25) is 4.79 Å². The number of primary amides is 1. The molecule has 13 heavy (non-hydrogen) atoms. The van der Waals surface area contributed by atoms with Gasteiger partial charge in [0, 0.05) is 19.1 Å². The highest BCUT2D eigenvalue weighted by atomic mass is 16.1. The Labute approximate surface area is 79.4 Å². The highest BCUT2D eigenvalue weighted by molar-refractivity contribution is 5.79. The maximum atomic E-state index is 10.6. The Bertz CT molecular complexity index is 160. The van der Waals surface area contributed by atoms with Crippen molar-refractivity contribution in [2.45, 2.75) is 19.0 Å². The maximum absolute atomic E-state index is 10.6. The number of hydrogen-bond acceptors (Lipinski definition) is 4. The zero-order chi connectivity index (χ0) is 10.4. The van der Waals surface area contributed by atoms with Gasteiger partial charge in [-0.2, -0.15) is 0 Å². The van der Waals surface area contributed by atoms with Crippen LogP contribution in [0.3, 0.4) is 0 Å². The molecule has 0 heterocycles. The summed E-state index contributed by atoms with van der Waals surface area (Å²) in [5.41, 5.74) is 10.4. The molecule has 78 valence electrons. The zero-order valence-electron chi connectivity index (χ0n) is 8.58. The topological polar surface area (TPSA) is 84.4 Å². The van der Waals surface area contributed by atoms with Crippen LogP contribution in [0.25, 0.3) is 0 Å². The Hall–Kier alpha value is -0.650. The Balaban J connectivity index is 3.50. The van der Waals surface area contributed by atoms with Crippen molar-refractivity contribution in [2.24, 2.45) is 11.5 Å². The van der Waals surface area contributed by atoms with Gasteiger partial charge in [0.25, 0.3) is 0 Å². The van der Waals surface area contributed by atoms with Crippen LogP contribution >= 0.6 is 0 Å². The molecule has 0 radical (unpaired) electrons. The summed E-state index contributed by atoms with van der Waals surface area (Å²) >= 11 is 0. The highest BCUT2D eigenvalue weighted by Gasteiger charge is 2.09. The first-order chi connectivity index (χ1) is 5.95. The average Bonchev–Trinajstić information content (AvgIpc) is 2.03. The monoisotopic (exact) mass is 188 g/mol. The molecule has 0 aromatic rings. The van der Waals surface area contributed by atoms with Crippen molar-refractivity contribution in [3.63, 3.8) is 0 Å². The van der Waals surface area contributed by atoms with Crippen molar-refractivity contribution in [3.05, 3.63) is 0 Å². The van der Waals surface area contributed by atoms with Gasteiger partial charge in [-0.15, -0.1) is 0 Å². The summed E-state index contributed by atoms with van der Waals surface area (Å²) in [5.74, 6) is -0.468. The molecule has 0 saturated heterocycles. The molecular weight excluding hydrogens is 168 g/mol. The molecule has 1 amide bonds. The van der Waals surface area contributed by atoms with Crippen LogP contribution in [0.1, 0.15) is 6.92 Å². The van der Waals surface area contributed by atoms with Crippen LogP contribution in [-0.4, -0.2) is 50.1 Å². The largest absolute Gasteiger partial charge is 0.368 e. The van der Waals surface area contributed by atoms with Gasteiger partial charge >= 0.3 is 0 Å². The Morgan fingerprint density at radius 1 is 1.46 bits per heavy atom. The third kappa shape index (κ3) is 5.57. The summed E-state index contributed by atoms with van der Waals surface area (Å²) < 4.78 is 0. The molecule has 0 saturated carbocycles. The van der Waals surface area contributed by atoms with E-state index in [0.29, 0.717) is 12.6 Å². The fraction of sp³-hybridized carbons (Fsp3) is 0.875. The third-order valence-corrected chi connectivity index (χ3v) is 2.05. The Morgan fingerprint density at radius 2 is 2.00 bits per heavy atom. The van der Waals surface area contributed by atoms with E-state index in [0.717, 1.165) is 6.54 Å². The third-order valence-electron chi connectivity index (χ3n) is 2.05. The second-order valence-corrected chi connectivity index (χ2v) is 3.48. The van der Waals surface area contributed by atoms with E-state index in [1.165, 1.54) is 0 Å². The summed E-state index contributed by atoms with van der Waals surface area (Å²) in [7, 11) is 4.00. The maximum Gasteiger partial charge on any atom is 0.235 e. The van der Waals surface area contributed by atoms with E-state index in [1.54, 1.807) is 0 Å². The number of nitrogens with zero attached hydrogens (tertiary/aromatic N) is 1. The number of rotatable bonds is 6. The van der Waals surface area contributed by atoms with Crippen molar-refractivity contribution in [3.8, 4) is 0 Å². The molecule has 5 heteroatoms. The van der Waals surface area contributed by atoms with Crippen LogP contribution in [0.2, 0.25) is 0 Å². The summed E-state index contributed by atoms with van der Waals surface area (Å²) in [6, 6.07) is -0.172. The molecule has 2 atom stereocenters. The van der Waals surface area contributed by atoms with Crippen molar-refractivity contribution in [2.75, 3.05) is 27.2 Å². The van der Waals surface area contributed by atoms with Gasteiger partial charge in [0.2, 0.25) is 5.91 Å². The molecule has 0 aliphatic heterocycles. The van der Waals surface area contributed by atoms with Gasteiger partial charge in [-0.1, -0.05) is 0 Å². The number of amides is 1. The number of nitrogens with two attached hydrogens (primary N) is 2. The predicted octanol–water partition coefficient (Wildman–Crippen LogP) is -1.66. The fourth-order valence-corrected chi connectivity index (χ4v) is 0.731. The molecule has 0 aromatic carbocycles. The number of likely N-dealkylation sites (N-methyl/N-ethyl adjacent to an activating group) is 1. The number of hydrogen-bond donors (Lipinski definition) is 3. The Kier molecular flexibility index (Phi) is 5.61. The molecule has 0 rings (SSSR count). The fourth-order valence-electron chi connectivity index (χ4n) is 0.731. The summed E-state index contributed by atoms with van der Waals surface area (Å²) in [6.45, 7) is 3.32. The molecular formula is C8H20N4O. The van der Waals surface area contributed by atoms with Crippen LogP contribution in [0.4, 0.5) is 0 Å². The SMILES string of the molecule is CC(CNCC(N)C(N)=O)N(C)C. The lowest BCUT2D eigenvalue weighted by molar-refractivity contribution is -0.119. The molecule has 5 N–H and O–H groups in total. The van der Waals surface area contributed by atoms with E-state index in [9.17, 15) is 4.79 Å². The highest BCUT2D eigenvalue weighted by Crippen LogP contribution is 1.87. The summed E-state index contributed by atoms with van der Waals surface area (Å²) in [6.07, 6.45) is 0. The van der Waals surface area contributed by atoms with Crippen LogP contribution in [0.5, 0.6) is 0 Å². The minimum absolute atomic E-state index is 0.417. The van der Waals surface area contributed by atoms with Crippen LogP contribution in [0.15, 0.2) is 0 Å². The summed E-state index contributed by atoms with van der Waals surface area (Å²) in [4.78, 5) is 12.6. The van der Waals surface area contributed by atoms with Crippen molar-refractivity contribution in [1.29, 1.82) is 0 Å². The van der Waals surface area contributed by atoms with E-state index in [1.807, 2.05) is 14.1 Å². The van der Waals surface area contributed by atoms with Gasteiger partial charge in [0.15, 0.2) is 0 Å². The first-order valence-corrected chi connectivity index (χ1v) is 4.37. The lowest BCUT2D eigenvalue weighted by Gasteiger charge is -2.20. The molecule has 0 spiro atoms. The van der Waals surface area contributed by atoms with Gasteiger partial charge in [-0.25, -0.2) is 0 Å².